The molecular formula is C15H20BrF2N. The maximum Gasteiger partial charge on any atom is 0.137 e. The Morgan fingerprint density at radius 1 is 1.26 bits per heavy atom. The van der Waals surface area contributed by atoms with Gasteiger partial charge in [0, 0.05) is 11.6 Å². The second kappa shape index (κ2) is 6.80. The van der Waals surface area contributed by atoms with E-state index in [1.165, 1.54) is 25.0 Å². The van der Waals surface area contributed by atoms with Crippen LogP contribution in [0, 0.1) is 17.6 Å². The van der Waals surface area contributed by atoms with Gasteiger partial charge in [-0.2, -0.15) is 0 Å². The highest BCUT2D eigenvalue weighted by atomic mass is 79.9. The lowest BCUT2D eigenvalue weighted by Gasteiger charge is -2.26. The molecule has 0 bridgehead atoms. The molecular weight excluding hydrogens is 312 g/mol. The normalized spacial score (nSPS) is 17.9. The first-order valence-electron chi connectivity index (χ1n) is 7.01. The Morgan fingerprint density at radius 2 is 1.95 bits per heavy atom. The number of halogens is 3. The van der Waals surface area contributed by atoms with Crippen molar-refractivity contribution in [1.29, 1.82) is 0 Å². The van der Waals surface area contributed by atoms with Crippen molar-refractivity contribution in [3.63, 3.8) is 0 Å². The summed E-state index contributed by atoms with van der Waals surface area (Å²) in [5.74, 6) is -0.298. The lowest BCUT2D eigenvalue weighted by atomic mass is 9.91. The van der Waals surface area contributed by atoms with Gasteiger partial charge in [-0.05, 0) is 59.8 Å². The van der Waals surface area contributed by atoms with E-state index < -0.39 is 5.82 Å². The molecule has 19 heavy (non-hydrogen) atoms. The molecule has 0 aromatic heterocycles. The van der Waals surface area contributed by atoms with Gasteiger partial charge in [-0.25, -0.2) is 8.78 Å². The second-order valence-corrected chi connectivity index (χ2v) is 6.12. The predicted octanol–water partition coefficient (Wildman–Crippen LogP) is 4.96. The zero-order valence-corrected chi connectivity index (χ0v) is 12.8. The fourth-order valence-electron chi connectivity index (χ4n) is 2.90. The van der Waals surface area contributed by atoms with Crippen LogP contribution in [-0.2, 0) is 0 Å². The molecule has 1 aliphatic rings. The minimum absolute atomic E-state index is 0.0648. The third-order valence-corrected chi connectivity index (χ3v) is 4.47. The first kappa shape index (κ1) is 14.9. The molecule has 0 aliphatic heterocycles. The molecule has 1 nitrogen and oxygen atoms in total. The Bertz CT molecular complexity index is 430. The molecule has 4 heteroatoms. The SMILES string of the molecule is CCCNC(c1cc(F)c(Br)cc1F)C1CCCC1. The monoisotopic (exact) mass is 331 g/mol. The standard InChI is InChI=1S/C15H20BrF2N/c1-2-7-19-15(10-5-3-4-6-10)11-8-14(18)12(16)9-13(11)17/h8-10,15,19H,2-7H2,1H3. The van der Waals surface area contributed by atoms with Crippen LogP contribution in [0.15, 0.2) is 16.6 Å². The fourth-order valence-corrected chi connectivity index (χ4v) is 3.21. The van der Waals surface area contributed by atoms with Gasteiger partial charge in [0.2, 0.25) is 0 Å². The van der Waals surface area contributed by atoms with Crippen molar-refractivity contribution in [3.8, 4) is 0 Å². The molecule has 1 aromatic rings. The maximum absolute atomic E-state index is 14.1. The van der Waals surface area contributed by atoms with E-state index in [-0.39, 0.29) is 16.3 Å². The van der Waals surface area contributed by atoms with E-state index in [0.29, 0.717) is 11.5 Å². The van der Waals surface area contributed by atoms with Crippen molar-refractivity contribution in [2.45, 2.75) is 45.1 Å². The van der Waals surface area contributed by atoms with Gasteiger partial charge in [0.05, 0.1) is 4.47 Å². The predicted molar refractivity (Wildman–Crippen MR) is 77.1 cm³/mol. The van der Waals surface area contributed by atoms with Crippen LogP contribution in [0.4, 0.5) is 8.78 Å². The fraction of sp³-hybridized carbons (Fsp3) is 0.600. The number of nitrogens with one attached hydrogen (secondary N) is 1. The maximum atomic E-state index is 14.1. The van der Waals surface area contributed by atoms with E-state index in [1.54, 1.807) is 0 Å². The van der Waals surface area contributed by atoms with Crippen LogP contribution in [0.5, 0.6) is 0 Å². The average molecular weight is 332 g/mol. The third-order valence-electron chi connectivity index (χ3n) is 3.86. The summed E-state index contributed by atoms with van der Waals surface area (Å²) in [7, 11) is 0. The Balaban J connectivity index is 2.28. The molecule has 1 saturated carbocycles. The summed E-state index contributed by atoms with van der Waals surface area (Å²) in [6.07, 6.45) is 5.56. The van der Waals surface area contributed by atoms with Gasteiger partial charge < -0.3 is 5.32 Å². The summed E-state index contributed by atoms with van der Waals surface area (Å²) < 4.78 is 28.0. The average Bonchev–Trinajstić information content (AvgIpc) is 2.89. The number of hydrogen-bond donors (Lipinski definition) is 1. The summed E-state index contributed by atoms with van der Waals surface area (Å²) in [5.41, 5.74) is 0.473. The van der Waals surface area contributed by atoms with Crippen LogP contribution in [0.25, 0.3) is 0 Å². The third kappa shape index (κ3) is 3.54. The number of rotatable bonds is 5. The van der Waals surface area contributed by atoms with Crippen molar-refractivity contribution in [2.75, 3.05) is 6.54 Å². The van der Waals surface area contributed by atoms with Crippen molar-refractivity contribution < 1.29 is 8.78 Å². The highest BCUT2D eigenvalue weighted by Crippen LogP contribution is 2.37. The van der Waals surface area contributed by atoms with Gasteiger partial charge in [-0.15, -0.1) is 0 Å². The van der Waals surface area contributed by atoms with Gasteiger partial charge in [-0.1, -0.05) is 19.8 Å². The van der Waals surface area contributed by atoms with E-state index >= 15 is 0 Å². The zero-order valence-electron chi connectivity index (χ0n) is 11.2. The molecule has 0 heterocycles. The van der Waals surface area contributed by atoms with Crippen LogP contribution >= 0.6 is 15.9 Å². The first-order chi connectivity index (χ1) is 9.13. The van der Waals surface area contributed by atoms with E-state index in [1.807, 2.05) is 0 Å². The van der Waals surface area contributed by atoms with Gasteiger partial charge in [0.25, 0.3) is 0 Å². The van der Waals surface area contributed by atoms with Crippen molar-refractivity contribution in [3.05, 3.63) is 33.8 Å². The second-order valence-electron chi connectivity index (χ2n) is 5.26. The number of hydrogen-bond acceptors (Lipinski definition) is 1. The van der Waals surface area contributed by atoms with E-state index in [0.717, 1.165) is 25.8 Å². The Kier molecular flexibility index (Phi) is 5.34. The number of benzene rings is 1. The molecule has 2 rings (SSSR count). The highest BCUT2D eigenvalue weighted by Gasteiger charge is 2.28. The molecule has 0 radical (unpaired) electrons. The minimum Gasteiger partial charge on any atom is -0.310 e. The first-order valence-corrected chi connectivity index (χ1v) is 7.80. The molecule has 1 aliphatic carbocycles. The van der Waals surface area contributed by atoms with Gasteiger partial charge in [0.1, 0.15) is 11.6 Å². The van der Waals surface area contributed by atoms with Crippen LogP contribution in [0.2, 0.25) is 0 Å². The van der Waals surface area contributed by atoms with E-state index in [4.69, 9.17) is 0 Å². The zero-order chi connectivity index (χ0) is 13.8. The summed E-state index contributed by atoms with van der Waals surface area (Å²) in [4.78, 5) is 0. The Labute approximate surface area is 121 Å². The van der Waals surface area contributed by atoms with Gasteiger partial charge in [0.15, 0.2) is 0 Å². The molecule has 1 atom stereocenters. The topological polar surface area (TPSA) is 12.0 Å². The summed E-state index contributed by atoms with van der Waals surface area (Å²) in [6, 6.07) is 2.51. The molecule has 106 valence electrons. The van der Waals surface area contributed by atoms with Crippen LogP contribution in [0.3, 0.4) is 0 Å². The summed E-state index contributed by atoms with van der Waals surface area (Å²) in [5, 5.41) is 3.39. The quantitative estimate of drug-likeness (QED) is 0.752. The van der Waals surface area contributed by atoms with Crippen molar-refractivity contribution in [2.24, 2.45) is 5.92 Å². The van der Waals surface area contributed by atoms with E-state index in [2.05, 4.69) is 28.2 Å². The summed E-state index contributed by atoms with van der Waals surface area (Å²) in [6.45, 7) is 2.91. The Hall–Kier alpha value is -0.480. The summed E-state index contributed by atoms with van der Waals surface area (Å²) >= 11 is 3.03. The van der Waals surface area contributed by atoms with Crippen molar-refractivity contribution >= 4 is 15.9 Å². The lowest BCUT2D eigenvalue weighted by Crippen LogP contribution is -2.28. The molecule has 0 saturated heterocycles. The van der Waals surface area contributed by atoms with Crippen molar-refractivity contribution in [1.82, 2.24) is 5.32 Å². The molecule has 0 amide bonds. The highest BCUT2D eigenvalue weighted by molar-refractivity contribution is 9.10. The van der Waals surface area contributed by atoms with Gasteiger partial charge >= 0.3 is 0 Å². The molecule has 1 aromatic carbocycles. The molecule has 1 N–H and O–H groups in total. The lowest BCUT2D eigenvalue weighted by molar-refractivity contribution is 0.356. The molecule has 1 unspecified atom stereocenters. The smallest absolute Gasteiger partial charge is 0.137 e. The largest absolute Gasteiger partial charge is 0.310 e. The molecule has 0 spiro atoms. The van der Waals surface area contributed by atoms with Crippen LogP contribution < -0.4 is 5.32 Å². The molecule has 1 fully saturated rings. The van der Waals surface area contributed by atoms with E-state index in [9.17, 15) is 8.78 Å². The minimum atomic E-state index is -0.391. The van der Waals surface area contributed by atoms with Crippen LogP contribution in [0.1, 0.15) is 50.6 Å². The Morgan fingerprint density at radius 3 is 2.58 bits per heavy atom. The van der Waals surface area contributed by atoms with Crippen LogP contribution in [-0.4, -0.2) is 6.54 Å². The van der Waals surface area contributed by atoms with Gasteiger partial charge in [-0.3, -0.25) is 0 Å².